The van der Waals surface area contributed by atoms with Crippen molar-refractivity contribution in [2.75, 3.05) is 13.1 Å². The Morgan fingerprint density at radius 1 is 1.62 bits per heavy atom. The van der Waals surface area contributed by atoms with Crippen molar-refractivity contribution in [3.05, 3.63) is 0 Å². The zero-order valence-corrected chi connectivity index (χ0v) is 4.85. The fourth-order valence-electron chi connectivity index (χ4n) is 0.962. The molecule has 1 rings (SSSR count). The molecule has 0 aromatic rings. The first-order valence-corrected chi connectivity index (χ1v) is 3.04. The Labute approximate surface area is 49.5 Å². The molecule has 1 atom stereocenters. The monoisotopic (exact) mass is 110 g/mol. The molecule has 0 amide bonds. The van der Waals surface area contributed by atoms with E-state index in [9.17, 15) is 0 Å². The lowest BCUT2D eigenvalue weighted by molar-refractivity contribution is 0.446. The van der Waals surface area contributed by atoms with Gasteiger partial charge >= 0.3 is 0 Å². The molecule has 0 spiro atoms. The van der Waals surface area contributed by atoms with Crippen LogP contribution in [0.4, 0.5) is 0 Å². The van der Waals surface area contributed by atoms with Gasteiger partial charge in [-0.25, -0.2) is 0 Å². The third kappa shape index (κ3) is 1.21. The zero-order chi connectivity index (χ0) is 5.82. The van der Waals surface area contributed by atoms with Crippen LogP contribution in [0.1, 0.15) is 12.8 Å². The molecule has 8 heavy (non-hydrogen) atoms. The Kier molecular flexibility index (Phi) is 1.87. The highest BCUT2D eigenvalue weighted by Crippen LogP contribution is 2.06. The minimum absolute atomic E-state index is 0.281. The number of hydrogen-bond donors (Lipinski definition) is 1. The molecule has 1 N–H and O–H groups in total. The van der Waals surface area contributed by atoms with Crippen molar-refractivity contribution in [2.45, 2.75) is 12.8 Å². The van der Waals surface area contributed by atoms with Crippen LogP contribution in [0.15, 0.2) is 0 Å². The fraction of sp³-hybridized carbons (Fsp3) is 0.833. The number of nitrogens with one attached hydrogen (secondary N) is 1. The van der Waals surface area contributed by atoms with Gasteiger partial charge in [-0.1, -0.05) is 0 Å². The molecule has 1 heterocycles. The third-order valence-electron chi connectivity index (χ3n) is 1.48. The summed E-state index contributed by atoms with van der Waals surface area (Å²) in [7, 11) is 0. The maximum atomic E-state index is 8.40. The fourth-order valence-corrected chi connectivity index (χ4v) is 0.962. The molecule has 2 nitrogen and oxygen atoms in total. The Balaban J connectivity index is 2.25. The van der Waals surface area contributed by atoms with Crippen LogP contribution in [0.2, 0.25) is 0 Å². The number of rotatable bonds is 0. The summed E-state index contributed by atoms with van der Waals surface area (Å²) < 4.78 is 0. The van der Waals surface area contributed by atoms with Gasteiger partial charge in [-0.15, -0.1) is 0 Å². The predicted octanol–water partition coefficient (Wildman–Crippen LogP) is 0.510. The van der Waals surface area contributed by atoms with E-state index in [0.29, 0.717) is 0 Å². The maximum absolute atomic E-state index is 8.40. The Bertz CT molecular complexity index is 97.6. The number of piperidine rings is 1. The smallest absolute Gasteiger partial charge is 0.0669 e. The molecule has 0 unspecified atom stereocenters. The first-order chi connectivity index (χ1) is 3.93. The van der Waals surface area contributed by atoms with Crippen molar-refractivity contribution in [1.82, 2.24) is 5.32 Å². The molecule has 2 heteroatoms. The van der Waals surface area contributed by atoms with E-state index < -0.39 is 0 Å². The van der Waals surface area contributed by atoms with E-state index in [4.69, 9.17) is 5.26 Å². The standard InChI is InChI=1S/C6H10N2/c7-4-6-2-1-3-8-5-6/h6,8H,1-3,5H2/t6-/m0/s1. The van der Waals surface area contributed by atoms with Gasteiger partial charge in [0.25, 0.3) is 0 Å². The van der Waals surface area contributed by atoms with Crippen LogP contribution in [0.5, 0.6) is 0 Å². The molecule has 0 aromatic heterocycles. The Morgan fingerprint density at radius 2 is 2.50 bits per heavy atom. The molecule has 0 aromatic carbocycles. The maximum Gasteiger partial charge on any atom is 0.0669 e. The summed E-state index contributed by atoms with van der Waals surface area (Å²) in [5.74, 6) is 0.281. The van der Waals surface area contributed by atoms with E-state index >= 15 is 0 Å². The second-order valence-corrected chi connectivity index (χ2v) is 2.17. The van der Waals surface area contributed by atoms with E-state index in [1.54, 1.807) is 0 Å². The summed E-state index contributed by atoms with van der Waals surface area (Å²) in [6.45, 7) is 1.99. The van der Waals surface area contributed by atoms with Gasteiger partial charge in [0.2, 0.25) is 0 Å². The van der Waals surface area contributed by atoms with Crippen molar-refractivity contribution in [3.63, 3.8) is 0 Å². The summed E-state index contributed by atoms with van der Waals surface area (Å²) in [6.07, 6.45) is 2.25. The molecule has 0 radical (unpaired) electrons. The van der Waals surface area contributed by atoms with Gasteiger partial charge in [0, 0.05) is 6.54 Å². The highest BCUT2D eigenvalue weighted by Gasteiger charge is 2.09. The van der Waals surface area contributed by atoms with Crippen molar-refractivity contribution in [2.24, 2.45) is 5.92 Å². The van der Waals surface area contributed by atoms with Crippen LogP contribution in [0, 0.1) is 17.2 Å². The summed E-state index contributed by atoms with van der Waals surface area (Å²) in [4.78, 5) is 0. The highest BCUT2D eigenvalue weighted by molar-refractivity contribution is 4.86. The van der Waals surface area contributed by atoms with Crippen LogP contribution >= 0.6 is 0 Å². The number of nitriles is 1. The van der Waals surface area contributed by atoms with Crippen LogP contribution in [0.25, 0.3) is 0 Å². The molecule has 0 aliphatic carbocycles. The molecule has 1 saturated heterocycles. The van der Waals surface area contributed by atoms with Gasteiger partial charge in [0.05, 0.1) is 12.0 Å². The predicted molar refractivity (Wildman–Crippen MR) is 31.2 cm³/mol. The second kappa shape index (κ2) is 2.68. The summed E-state index contributed by atoms with van der Waals surface area (Å²) >= 11 is 0. The molecule has 1 aliphatic heterocycles. The molecule has 44 valence electrons. The van der Waals surface area contributed by atoms with Gasteiger partial charge in [-0.2, -0.15) is 5.26 Å². The lowest BCUT2D eigenvalue weighted by Crippen LogP contribution is -2.28. The van der Waals surface area contributed by atoms with Crippen molar-refractivity contribution in [3.8, 4) is 6.07 Å². The molecular formula is C6H10N2. The van der Waals surface area contributed by atoms with Crippen molar-refractivity contribution < 1.29 is 0 Å². The molecule has 1 fully saturated rings. The van der Waals surface area contributed by atoms with Crippen LogP contribution < -0.4 is 5.32 Å². The highest BCUT2D eigenvalue weighted by atomic mass is 14.9. The summed E-state index contributed by atoms with van der Waals surface area (Å²) in [5.41, 5.74) is 0. The van der Waals surface area contributed by atoms with Crippen LogP contribution in [-0.2, 0) is 0 Å². The van der Waals surface area contributed by atoms with Gasteiger partial charge in [0.15, 0.2) is 0 Å². The van der Waals surface area contributed by atoms with Gasteiger partial charge in [0.1, 0.15) is 0 Å². The lowest BCUT2D eigenvalue weighted by atomic mass is 10.0. The average molecular weight is 110 g/mol. The summed E-state index contributed by atoms with van der Waals surface area (Å²) in [5, 5.41) is 11.6. The largest absolute Gasteiger partial charge is 0.315 e. The van der Waals surface area contributed by atoms with Crippen molar-refractivity contribution >= 4 is 0 Å². The topological polar surface area (TPSA) is 35.8 Å². The third-order valence-corrected chi connectivity index (χ3v) is 1.48. The van der Waals surface area contributed by atoms with Crippen LogP contribution in [-0.4, -0.2) is 13.1 Å². The first-order valence-electron chi connectivity index (χ1n) is 3.04. The normalized spacial score (nSPS) is 29.1. The van der Waals surface area contributed by atoms with E-state index in [1.165, 1.54) is 0 Å². The molecule has 0 bridgehead atoms. The number of hydrogen-bond acceptors (Lipinski definition) is 2. The van der Waals surface area contributed by atoms with E-state index in [1.807, 2.05) is 0 Å². The molecule has 0 saturated carbocycles. The summed E-state index contributed by atoms with van der Waals surface area (Å²) in [6, 6.07) is 2.24. The minimum Gasteiger partial charge on any atom is -0.315 e. The lowest BCUT2D eigenvalue weighted by Gasteiger charge is -2.15. The number of nitrogens with zero attached hydrogens (tertiary/aromatic N) is 1. The average Bonchev–Trinajstić information content (AvgIpc) is 1.90. The Morgan fingerprint density at radius 3 is 2.88 bits per heavy atom. The zero-order valence-electron chi connectivity index (χ0n) is 4.85. The van der Waals surface area contributed by atoms with E-state index in [-0.39, 0.29) is 5.92 Å². The van der Waals surface area contributed by atoms with E-state index in [2.05, 4.69) is 11.4 Å². The second-order valence-electron chi connectivity index (χ2n) is 2.17. The molecule has 1 aliphatic rings. The first kappa shape index (κ1) is 5.58. The van der Waals surface area contributed by atoms with E-state index in [0.717, 1.165) is 25.9 Å². The van der Waals surface area contributed by atoms with Crippen molar-refractivity contribution in [1.29, 1.82) is 5.26 Å². The van der Waals surface area contributed by atoms with Gasteiger partial charge in [-0.3, -0.25) is 0 Å². The quantitative estimate of drug-likeness (QED) is 0.493. The minimum atomic E-state index is 0.281. The van der Waals surface area contributed by atoms with Crippen LogP contribution in [0.3, 0.4) is 0 Å². The van der Waals surface area contributed by atoms with Gasteiger partial charge < -0.3 is 5.32 Å². The molecular weight excluding hydrogens is 100 g/mol. The van der Waals surface area contributed by atoms with Gasteiger partial charge in [-0.05, 0) is 19.4 Å². The SMILES string of the molecule is N#C[C@@H]1CCCNC1. The Hall–Kier alpha value is -0.550.